The standard InChI is InChI=1S/C24H26N4S/c1-17-8-6-11-19(16-17)27-15-7-13-21(27)23-22(20-12-4-5-14-25-20)26-24(29)28(23)18-9-2-3-10-18/h4-8,11-16,18,22-23H,2-3,9-10H2,1H3,(H,26,29)/t22-,23+/m0/s1. The van der Waals surface area contributed by atoms with E-state index >= 15 is 0 Å². The molecule has 0 amide bonds. The van der Waals surface area contributed by atoms with Crippen LogP contribution in [0.15, 0.2) is 67.0 Å². The Hall–Kier alpha value is -2.66. The molecule has 1 N–H and O–H groups in total. The lowest BCUT2D eigenvalue weighted by Crippen LogP contribution is -2.38. The summed E-state index contributed by atoms with van der Waals surface area (Å²) in [6.45, 7) is 2.14. The third-order valence-corrected chi connectivity index (χ3v) is 6.55. The average molecular weight is 403 g/mol. The first-order valence-electron chi connectivity index (χ1n) is 10.5. The number of benzene rings is 1. The molecular weight excluding hydrogens is 376 g/mol. The predicted molar refractivity (Wildman–Crippen MR) is 120 cm³/mol. The number of thiocarbonyl (C=S) groups is 1. The fraction of sp³-hybridized carbons (Fsp3) is 0.333. The van der Waals surface area contributed by atoms with E-state index in [0.29, 0.717) is 6.04 Å². The average Bonchev–Trinajstić information content (AvgIpc) is 3.48. The summed E-state index contributed by atoms with van der Waals surface area (Å²) in [4.78, 5) is 7.14. The number of hydrogen-bond donors (Lipinski definition) is 1. The van der Waals surface area contributed by atoms with Crippen LogP contribution in [-0.2, 0) is 0 Å². The Kier molecular flexibility index (Phi) is 4.84. The zero-order valence-corrected chi connectivity index (χ0v) is 17.5. The molecule has 1 aromatic carbocycles. The van der Waals surface area contributed by atoms with Crippen LogP contribution in [0.4, 0.5) is 0 Å². The second-order valence-electron chi connectivity index (χ2n) is 8.11. The monoisotopic (exact) mass is 402 g/mol. The smallest absolute Gasteiger partial charge is 0.170 e. The van der Waals surface area contributed by atoms with Crippen LogP contribution >= 0.6 is 12.2 Å². The summed E-state index contributed by atoms with van der Waals surface area (Å²) in [6, 6.07) is 19.8. The van der Waals surface area contributed by atoms with Crippen LogP contribution in [0, 0.1) is 6.92 Å². The van der Waals surface area contributed by atoms with Crippen LogP contribution in [0.25, 0.3) is 5.69 Å². The van der Waals surface area contributed by atoms with E-state index in [9.17, 15) is 0 Å². The molecule has 2 fully saturated rings. The van der Waals surface area contributed by atoms with Crippen LogP contribution < -0.4 is 5.32 Å². The molecule has 0 spiro atoms. The normalized spacial score (nSPS) is 22.2. The van der Waals surface area contributed by atoms with Crippen molar-refractivity contribution in [2.45, 2.75) is 50.7 Å². The van der Waals surface area contributed by atoms with Crippen molar-refractivity contribution in [1.29, 1.82) is 0 Å². The molecule has 2 atom stereocenters. The highest BCUT2D eigenvalue weighted by molar-refractivity contribution is 7.80. The number of hydrogen-bond acceptors (Lipinski definition) is 2. The van der Waals surface area contributed by atoms with E-state index in [1.807, 2.05) is 12.3 Å². The third kappa shape index (κ3) is 3.33. The molecule has 1 aliphatic heterocycles. The van der Waals surface area contributed by atoms with Crippen molar-refractivity contribution in [3.05, 3.63) is 83.9 Å². The first-order valence-corrected chi connectivity index (χ1v) is 10.9. The van der Waals surface area contributed by atoms with Crippen LogP contribution in [0.2, 0.25) is 0 Å². The maximum absolute atomic E-state index is 5.86. The maximum atomic E-state index is 5.86. The van der Waals surface area contributed by atoms with E-state index in [1.165, 1.54) is 42.6 Å². The zero-order chi connectivity index (χ0) is 19.8. The van der Waals surface area contributed by atoms with E-state index < -0.39 is 0 Å². The second-order valence-corrected chi connectivity index (χ2v) is 8.50. The first-order chi connectivity index (χ1) is 14.2. The molecule has 1 saturated carbocycles. The van der Waals surface area contributed by atoms with Gasteiger partial charge in [0.1, 0.15) is 0 Å². The van der Waals surface area contributed by atoms with Gasteiger partial charge in [-0.15, -0.1) is 0 Å². The van der Waals surface area contributed by atoms with Crippen LogP contribution in [-0.4, -0.2) is 25.6 Å². The Morgan fingerprint density at radius 3 is 2.66 bits per heavy atom. The van der Waals surface area contributed by atoms with Crippen molar-refractivity contribution in [3.8, 4) is 5.69 Å². The molecule has 29 heavy (non-hydrogen) atoms. The molecule has 4 nitrogen and oxygen atoms in total. The van der Waals surface area contributed by atoms with Crippen LogP contribution in [0.1, 0.15) is 54.7 Å². The topological polar surface area (TPSA) is 33.1 Å². The summed E-state index contributed by atoms with van der Waals surface area (Å²) < 4.78 is 2.31. The zero-order valence-electron chi connectivity index (χ0n) is 16.7. The van der Waals surface area contributed by atoms with Gasteiger partial charge in [-0.1, -0.05) is 31.0 Å². The summed E-state index contributed by atoms with van der Waals surface area (Å²) >= 11 is 5.86. The lowest BCUT2D eigenvalue weighted by molar-refractivity contribution is 0.239. The Morgan fingerprint density at radius 2 is 1.90 bits per heavy atom. The van der Waals surface area contributed by atoms with Gasteiger partial charge in [-0.3, -0.25) is 4.98 Å². The van der Waals surface area contributed by atoms with E-state index in [2.05, 4.69) is 81.4 Å². The highest BCUT2D eigenvalue weighted by atomic mass is 32.1. The quantitative estimate of drug-likeness (QED) is 0.616. The summed E-state index contributed by atoms with van der Waals surface area (Å²) in [5, 5.41) is 4.46. The summed E-state index contributed by atoms with van der Waals surface area (Å²) in [7, 11) is 0. The van der Waals surface area contributed by atoms with Crippen molar-refractivity contribution in [1.82, 2.24) is 19.8 Å². The first kappa shape index (κ1) is 18.4. The molecule has 1 saturated heterocycles. The summed E-state index contributed by atoms with van der Waals surface area (Å²) in [6.07, 6.45) is 9.01. The minimum Gasteiger partial charge on any atom is -0.352 e. The van der Waals surface area contributed by atoms with Gasteiger partial charge in [0.2, 0.25) is 0 Å². The van der Waals surface area contributed by atoms with E-state index in [0.717, 1.165) is 10.8 Å². The molecule has 0 unspecified atom stereocenters. The molecule has 0 radical (unpaired) electrons. The minimum absolute atomic E-state index is 0.0442. The van der Waals surface area contributed by atoms with Gasteiger partial charge in [-0.25, -0.2) is 0 Å². The molecule has 2 aliphatic rings. The number of nitrogens with zero attached hydrogens (tertiary/aromatic N) is 3. The molecule has 3 aromatic rings. The maximum Gasteiger partial charge on any atom is 0.170 e. The van der Waals surface area contributed by atoms with Gasteiger partial charge < -0.3 is 14.8 Å². The third-order valence-electron chi connectivity index (χ3n) is 6.22. The van der Waals surface area contributed by atoms with Crippen molar-refractivity contribution in [3.63, 3.8) is 0 Å². The Balaban J connectivity index is 1.62. The van der Waals surface area contributed by atoms with Crippen molar-refractivity contribution in [2.75, 3.05) is 0 Å². The SMILES string of the molecule is Cc1cccc(-n2cccc2[C@@H]2[C@H](c3ccccn3)NC(=S)N2C2CCCC2)c1. The van der Waals surface area contributed by atoms with Gasteiger partial charge in [0.15, 0.2) is 5.11 Å². The predicted octanol–water partition coefficient (Wildman–Crippen LogP) is 5.10. The van der Waals surface area contributed by atoms with Crippen molar-refractivity contribution in [2.24, 2.45) is 0 Å². The number of pyridine rings is 1. The summed E-state index contributed by atoms with van der Waals surface area (Å²) in [5.41, 5.74) is 4.74. The molecular formula is C24H26N4S. The summed E-state index contributed by atoms with van der Waals surface area (Å²) in [5.74, 6) is 0. The minimum atomic E-state index is 0.0442. The molecule has 1 aliphatic carbocycles. The fourth-order valence-electron chi connectivity index (χ4n) is 4.91. The molecule has 3 heterocycles. The molecule has 5 rings (SSSR count). The molecule has 5 heteroatoms. The van der Waals surface area contributed by atoms with Gasteiger partial charge in [0, 0.05) is 29.8 Å². The Morgan fingerprint density at radius 1 is 1.03 bits per heavy atom. The Bertz CT molecular complexity index is 1010. The van der Waals surface area contributed by atoms with Crippen molar-refractivity contribution < 1.29 is 0 Å². The van der Waals surface area contributed by atoms with Gasteiger partial charge in [-0.05, 0) is 73.9 Å². The molecule has 2 aromatic heterocycles. The number of aromatic nitrogens is 2. The van der Waals surface area contributed by atoms with Gasteiger partial charge in [-0.2, -0.15) is 0 Å². The van der Waals surface area contributed by atoms with Crippen LogP contribution in [0.5, 0.6) is 0 Å². The van der Waals surface area contributed by atoms with Gasteiger partial charge in [0.05, 0.1) is 17.8 Å². The van der Waals surface area contributed by atoms with Crippen molar-refractivity contribution >= 4 is 17.3 Å². The number of aryl methyl sites for hydroxylation is 1. The largest absolute Gasteiger partial charge is 0.352 e. The molecule has 0 bridgehead atoms. The van der Waals surface area contributed by atoms with Crippen LogP contribution in [0.3, 0.4) is 0 Å². The van der Waals surface area contributed by atoms with Gasteiger partial charge >= 0.3 is 0 Å². The molecule has 148 valence electrons. The second kappa shape index (κ2) is 7.64. The lowest BCUT2D eigenvalue weighted by Gasteiger charge is -2.33. The number of nitrogens with one attached hydrogen (secondary N) is 1. The lowest BCUT2D eigenvalue weighted by atomic mass is 9.99. The van der Waals surface area contributed by atoms with Gasteiger partial charge in [0.25, 0.3) is 0 Å². The van der Waals surface area contributed by atoms with E-state index in [-0.39, 0.29) is 12.1 Å². The highest BCUT2D eigenvalue weighted by Crippen LogP contribution is 2.43. The number of rotatable bonds is 4. The van der Waals surface area contributed by atoms with E-state index in [1.54, 1.807) is 0 Å². The fourth-order valence-corrected chi connectivity index (χ4v) is 5.30. The highest BCUT2D eigenvalue weighted by Gasteiger charge is 2.44. The Labute approximate surface area is 177 Å². The van der Waals surface area contributed by atoms with E-state index in [4.69, 9.17) is 12.2 Å².